The van der Waals surface area contributed by atoms with Crippen LogP contribution in [0.2, 0.25) is 0 Å². The smallest absolute Gasteiger partial charge is 0.0467 e. The lowest BCUT2D eigenvalue weighted by molar-refractivity contribution is 0.934. The van der Waals surface area contributed by atoms with Crippen LogP contribution in [0.3, 0.4) is 0 Å². The number of benzene rings is 2. The summed E-state index contributed by atoms with van der Waals surface area (Å²) in [5, 5.41) is 0. The second kappa shape index (κ2) is 5.07. The maximum atomic E-state index is 4.70. The lowest BCUT2D eigenvalue weighted by atomic mass is 9.94. The van der Waals surface area contributed by atoms with Gasteiger partial charge in [0.15, 0.2) is 0 Å². The van der Waals surface area contributed by atoms with E-state index in [1.54, 1.807) is 0 Å². The van der Waals surface area contributed by atoms with Crippen molar-refractivity contribution in [2.24, 2.45) is 4.99 Å². The van der Waals surface area contributed by atoms with Gasteiger partial charge in [0.1, 0.15) is 0 Å². The van der Waals surface area contributed by atoms with Gasteiger partial charge in [-0.3, -0.25) is 4.99 Å². The molecule has 1 aliphatic rings. The standard InChI is InChI=1S/C16H14BrN/c17-15-8-4-2-6-13(15)11-16-14-7-3-1-5-12(14)9-10-18-16/h1-8H,9-11H2. The topological polar surface area (TPSA) is 12.4 Å². The molecule has 3 rings (SSSR count). The molecule has 2 aromatic rings. The van der Waals surface area contributed by atoms with Gasteiger partial charge in [-0.25, -0.2) is 0 Å². The summed E-state index contributed by atoms with van der Waals surface area (Å²) in [6.07, 6.45) is 1.97. The van der Waals surface area contributed by atoms with E-state index in [-0.39, 0.29) is 0 Å². The molecule has 0 atom stereocenters. The van der Waals surface area contributed by atoms with E-state index in [2.05, 4.69) is 58.4 Å². The van der Waals surface area contributed by atoms with Crippen LogP contribution in [-0.2, 0) is 12.8 Å². The Hall–Kier alpha value is -1.41. The van der Waals surface area contributed by atoms with Gasteiger partial charge in [0.05, 0.1) is 0 Å². The largest absolute Gasteiger partial charge is 0.288 e. The molecular weight excluding hydrogens is 286 g/mol. The molecule has 2 heteroatoms. The van der Waals surface area contributed by atoms with Crippen LogP contribution in [-0.4, -0.2) is 12.3 Å². The second-order valence-electron chi connectivity index (χ2n) is 4.50. The van der Waals surface area contributed by atoms with E-state index in [4.69, 9.17) is 4.99 Å². The minimum Gasteiger partial charge on any atom is -0.288 e. The molecule has 0 unspecified atom stereocenters. The van der Waals surface area contributed by atoms with Crippen molar-refractivity contribution in [1.29, 1.82) is 0 Å². The van der Waals surface area contributed by atoms with Crippen molar-refractivity contribution in [2.45, 2.75) is 12.8 Å². The summed E-state index contributed by atoms with van der Waals surface area (Å²) in [7, 11) is 0. The Morgan fingerprint density at radius 1 is 1.00 bits per heavy atom. The highest BCUT2D eigenvalue weighted by Gasteiger charge is 2.14. The Kier molecular flexibility index (Phi) is 3.28. The van der Waals surface area contributed by atoms with Gasteiger partial charge in [-0.2, -0.15) is 0 Å². The van der Waals surface area contributed by atoms with Crippen molar-refractivity contribution in [3.63, 3.8) is 0 Å². The van der Waals surface area contributed by atoms with E-state index in [0.29, 0.717) is 0 Å². The van der Waals surface area contributed by atoms with Crippen LogP contribution in [0.25, 0.3) is 0 Å². The van der Waals surface area contributed by atoms with Crippen molar-refractivity contribution in [1.82, 2.24) is 0 Å². The van der Waals surface area contributed by atoms with E-state index < -0.39 is 0 Å². The Labute approximate surface area is 116 Å². The molecular formula is C16H14BrN. The van der Waals surface area contributed by atoms with E-state index >= 15 is 0 Å². The van der Waals surface area contributed by atoms with Gasteiger partial charge in [-0.1, -0.05) is 58.4 Å². The van der Waals surface area contributed by atoms with E-state index in [1.807, 2.05) is 6.07 Å². The van der Waals surface area contributed by atoms with Crippen molar-refractivity contribution in [3.8, 4) is 0 Å². The predicted molar refractivity (Wildman–Crippen MR) is 79.4 cm³/mol. The van der Waals surface area contributed by atoms with Crippen LogP contribution in [0.5, 0.6) is 0 Å². The van der Waals surface area contributed by atoms with Gasteiger partial charge >= 0.3 is 0 Å². The summed E-state index contributed by atoms with van der Waals surface area (Å²) >= 11 is 3.61. The third kappa shape index (κ3) is 2.25. The number of fused-ring (bicyclic) bond motifs is 1. The Morgan fingerprint density at radius 2 is 1.78 bits per heavy atom. The zero-order valence-electron chi connectivity index (χ0n) is 10.1. The van der Waals surface area contributed by atoms with E-state index in [9.17, 15) is 0 Å². The molecule has 1 heterocycles. The van der Waals surface area contributed by atoms with E-state index in [0.717, 1.165) is 23.9 Å². The number of hydrogen-bond acceptors (Lipinski definition) is 1. The molecule has 1 nitrogen and oxygen atoms in total. The maximum absolute atomic E-state index is 4.70. The van der Waals surface area contributed by atoms with Crippen molar-refractivity contribution in [3.05, 3.63) is 69.7 Å². The molecule has 1 aliphatic heterocycles. The molecule has 0 bridgehead atoms. The summed E-state index contributed by atoms with van der Waals surface area (Å²) in [5.41, 5.74) is 5.26. The summed E-state index contributed by atoms with van der Waals surface area (Å²) in [4.78, 5) is 4.70. The van der Waals surface area contributed by atoms with Gasteiger partial charge in [0.25, 0.3) is 0 Å². The molecule has 0 saturated carbocycles. The zero-order valence-corrected chi connectivity index (χ0v) is 11.7. The van der Waals surface area contributed by atoms with Crippen LogP contribution in [0.1, 0.15) is 16.7 Å². The predicted octanol–water partition coefficient (Wildman–Crippen LogP) is 4.04. The first-order chi connectivity index (χ1) is 8.84. The Bertz CT molecular complexity index is 602. The lowest BCUT2D eigenvalue weighted by Crippen LogP contribution is -2.15. The second-order valence-corrected chi connectivity index (χ2v) is 5.36. The molecule has 0 N–H and O–H groups in total. The van der Waals surface area contributed by atoms with Crippen molar-refractivity contribution >= 4 is 21.6 Å². The molecule has 18 heavy (non-hydrogen) atoms. The molecule has 0 radical (unpaired) electrons. The van der Waals surface area contributed by atoms with Crippen molar-refractivity contribution < 1.29 is 0 Å². The number of halogens is 1. The van der Waals surface area contributed by atoms with Gasteiger partial charge in [0.2, 0.25) is 0 Å². The third-order valence-electron chi connectivity index (χ3n) is 3.33. The maximum Gasteiger partial charge on any atom is 0.0467 e. The zero-order chi connectivity index (χ0) is 12.4. The Balaban J connectivity index is 1.95. The summed E-state index contributed by atoms with van der Waals surface area (Å²) in [5.74, 6) is 0. The molecule has 0 aromatic heterocycles. The highest BCUT2D eigenvalue weighted by molar-refractivity contribution is 9.10. The molecule has 2 aromatic carbocycles. The van der Waals surface area contributed by atoms with Gasteiger partial charge in [0, 0.05) is 23.1 Å². The minimum absolute atomic E-state index is 0.901. The third-order valence-corrected chi connectivity index (χ3v) is 4.10. The fourth-order valence-electron chi connectivity index (χ4n) is 2.39. The lowest BCUT2D eigenvalue weighted by Gasteiger charge is -2.17. The van der Waals surface area contributed by atoms with Crippen LogP contribution < -0.4 is 0 Å². The normalized spacial score (nSPS) is 13.9. The minimum atomic E-state index is 0.901. The van der Waals surface area contributed by atoms with Crippen LogP contribution in [0.15, 0.2) is 58.0 Å². The van der Waals surface area contributed by atoms with Crippen LogP contribution in [0.4, 0.5) is 0 Å². The number of hydrogen-bond donors (Lipinski definition) is 0. The highest BCUT2D eigenvalue weighted by Crippen LogP contribution is 2.22. The summed E-state index contributed by atoms with van der Waals surface area (Å²) < 4.78 is 1.16. The first-order valence-electron chi connectivity index (χ1n) is 6.19. The van der Waals surface area contributed by atoms with Crippen LogP contribution >= 0.6 is 15.9 Å². The first kappa shape index (κ1) is 11.7. The number of rotatable bonds is 2. The number of aliphatic imine (C=N–C) groups is 1. The average Bonchev–Trinajstić information content (AvgIpc) is 2.42. The molecule has 0 amide bonds. The molecule has 90 valence electrons. The molecule has 0 spiro atoms. The van der Waals surface area contributed by atoms with Gasteiger partial charge in [-0.05, 0) is 29.2 Å². The highest BCUT2D eigenvalue weighted by atomic mass is 79.9. The molecule has 0 saturated heterocycles. The molecule has 0 aliphatic carbocycles. The summed E-state index contributed by atoms with van der Waals surface area (Å²) in [6.45, 7) is 0.913. The van der Waals surface area contributed by atoms with Crippen LogP contribution in [0, 0.1) is 0 Å². The van der Waals surface area contributed by atoms with E-state index in [1.165, 1.54) is 22.4 Å². The summed E-state index contributed by atoms with van der Waals surface area (Å²) in [6, 6.07) is 17.0. The number of nitrogens with zero attached hydrogens (tertiary/aromatic N) is 1. The van der Waals surface area contributed by atoms with Gasteiger partial charge < -0.3 is 0 Å². The van der Waals surface area contributed by atoms with Gasteiger partial charge in [-0.15, -0.1) is 0 Å². The fraction of sp³-hybridized carbons (Fsp3) is 0.188. The first-order valence-corrected chi connectivity index (χ1v) is 6.99. The average molecular weight is 300 g/mol. The monoisotopic (exact) mass is 299 g/mol. The van der Waals surface area contributed by atoms with Crippen molar-refractivity contribution in [2.75, 3.05) is 6.54 Å². The Morgan fingerprint density at radius 3 is 2.67 bits per heavy atom. The SMILES string of the molecule is Brc1ccccc1CC1=NCCc2ccccc21. The fourth-order valence-corrected chi connectivity index (χ4v) is 2.81. The molecule has 0 fully saturated rings. The quantitative estimate of drug-likeness (QED) is 0.794.